The SMILES string of the molecule is c1ccc(-c2ccc(-c3nc(-c4ccc5ccccc5c4)nc(-c4cccc5oc6cc(-c7cccc8oc9cc%10ccccc%10cc9c78)ccc6c45)n3)cc2)cc1. The molecule has 0 radical (unpaired) electrons. The Labute approximate surface area is 332 Å². The van der Waals surface area contributed by atoms with E-state index in [2.05, 4.69) is 164 Å². The number of hydrogen-bond acceptors (Lipinski definition) is 5. The zero-order valence-corrected chi connectivity index (χ0v) is 31.1. The van der Waals surface area contributed by atoms with Crippen LogP contribution in [0.3, 0.4) is 0 Å². The molecule has 0 aliphatic carbocycles. The zero-order chi connectivity index (χ0) is 38.2. The van der Waals surface area contributed by atoms with Crippen LogP contribution in [0, 0.1) is 0 Å². The fourth-order valence-electron chi connectivity index (χ4n) is 8.46. The van der Waals surface area contributed by atoms with Gasteiger partial charge in [0.05, 0.1) is 0 Å². The smallest absolute Gasteiger partial charge is 0.164 e. The van der Waals surface area contributed by atoms with Crippen LogP contribution in [0.5, 0.6) is 0 Å². The van der Waals surface area contributed by atoms with E-state index in [0.717, 1.165) is 99.0 Å². The van der Waals surface area contributed by atoms with E-state index in [1.54, 1.807) is 0 Å². The molecule has 0 aliphatic heterocycles. The summed E-state index contributed by atoms with van der Waals surface area (Å²) < 4.78 is 13.1. The van der Waals surface area contributed by atoms with E-state index in [4.69, 9.17) is 23.8 Å². The van der Waals surface area contributed by atoms with E-state index in [1.165, 1.54) is 5.39 Å². The van der Waals surface area contributed by atoms with Gasteiger partial charge in [-0.3, -0.25) is 0 Å². The van der Waals surface area contributed by atoms with Crippen molar-refractivity contribution in [3.63, 3.8) is 0 Å². The van der Waals surface area contributed by atoms with E-state index < -0.39 is 0 Å². The van der Waals surface area contributed by atoms with Gasteiger partial charge in [0.15, 0.2) is 17.5 Å². The molecule has 12 aromatic rings. The molecule has 12 rings (SSSR count). The van der Waals surface area contributed by atoms with Crippen LogP contribution >= 0.6 is 0 Å². The van der Waals surface area contributed by atoms with E-state index >= 15 is 0 Å². The Morgan fingerprint density at radius 2 is 0.810 bits per heavy atom. The normalized spacial score (nSPS) is 11.8. The summed E-state index contributed by atoms with van der Waals surface area (Å²) in [5.74, 6) is 1.80. The van der Waals surface area contributed by atoms with Gasteiger partial charge >= 0.3 is 0 Å². The number of nitrogens with zero attached hydrogens (tertiary/aromatic N) is 3. The lowest BCUT2D eigenvalue weighted by atomic mass is 9.97. The minimum atomic E-state index is 0.583. The first kappa shape index (κ1) is 32.4. The van der Waals surface area contributed by atoms with Crippen molar-refractivity contribution in [1.29, 1.82) is 0 Å². The molecule has 0 spiro atoms. The molecule has 3 aromatic heterocycles. The Morgan fingerprint density at radius 1 is 0.276 bits per heavy atom. The van der Waals surface area contributed by atoms with Crippen molar-refractivity contribution in [2.75, 3.05) is 0 Å². The largest absolute Gasteiger partial charge is 0.456 e. The minimum absolute atomic E-state index is 0.583. The van der Waals surface area contributed by atoms with Crippen molar-refractivity contribution >= 4 is 65.4 Å². The van der Waals surface area contributed by atoms with Crippen molar-refractivity contribution in [3.8, 4) is 56.4 Å². The lowest BCUT2D eigenvalue weighted by molar-refractivity contribution is 0.668. The molecule has 0 bridgehead atoms. The number of hydrogen-bond donors (Lipinski definition) is 0. The van der Waals surface area contributed by atoms with Gasteiger partial charge in [0, 0.05) is 38.2 Å². The Kier molecular flexibility index (Phi) is 7.16. The van der Waals surface area contributed by atoms with E-state index in [9.17, 15) is 0 Å². The highest BCUT2D eigenvalue weighted by molar-refractivity contribution is 6.17. The molecule has 0 aliphatic rings. The van der Waals surface area contributed by atoms with E-state index in [0.29, 0.717) is 17.5 Å². The second-order valence-corrected chi connectivity index (χ2v) is 14.8. The molecule has 270 valence electrons. The lowest BCUT2D eigenvalue weighted by Crippen LogP contribution is -2.00. The lowest BCUT2D eigenvalue weighted by Gasteiger charge is -2.10. The summed E-state index contributed by atoms with van der Waals surface area (Å²) in [5.41, 5.74) is 10.4. The predicted octanol–water partition coefficient (Wildman–Crippen LogP) is 14.3. The van der Waals surface area contributed by atoms with Crippen molar-refractivity contribution in [3.05, 3.63) is 188 Å². The number of fused-ring (bicyclic) bond motifs is 8. The van der Waals surface area contributed by atoms with Crippen molar-refractivity contribution in [2.45, 2.75) is 0 Å². The molecule has 0 amide bonds. The van der Waals surface area contributed by atoms with Crippen molar-refractivity contribution in [1.82, 2.24) is 15.0 Å². The van der Waals surface area contributed by atoms with Gasteiger partial charge in [-0.15, -0.1) is 0 Å². The highest BCUT2D eigenvalue weighted by atomic mass is 16.3. The highest BCUT2D eigenvalue weighted by Gasteiger charge is 2.20. The second-order valence-electron chi connectivity index (χ2n) is 14.8. The van der Waals surface area contributed by atoms with Crippen LogP contribution in [0.15, 0.2) is 197 Å². The molecule has 5 heteroatoms. The molecular weight excluding hydrogens is 711 g/mol. The van der Waals surface area contributed by atoms with Crippen LogP contribution in [-0.2, 0) is 0 Å². The van der Waals surface area contributed by atoms with Crippen LogP contribution in [0.25, 0.3) is 122 Å². The molecule has 0 unspecified atom stereocenters. The Bertz CT molecular complexity index is 3570. The molecule has 0 fully saturated rings. The quantitative estimate of drug-likeness (QED) is 0.176. The summed E-state index contributed by atoms with van der Waals surface area (Å²) in [7, 11) is 0. The monoisotopic (exact) mass is 741 g/mol. The van der Waals surface area contributed by atoms with Crippen molar-refractivity contribution in [2.24, 2.45) is 0 Å². The number of rotatable bonds is 5. The van der Waals surface area contributed by atoms with Gasteiger partial charge in [0.2, 0.25) is 0 Å². The van der Waals surface area contributed by atoms with Gasteiger partial charge in [-0.2, -0.15) is 0 Å². The van der Waals surface area contributed by atoms with Gasteiger partial charge in [-0.25, -0.2) is 15.0 Å². The van der Waals surface area contributed by atoms with Crippen LogP contribution in [0.4, 0.5) is 0 Å². The third kappa shape index (κ3) is 5.29. The van der Waals surface area contributed by atoms with Gasteiger partial charge in [0.25, 0.3) is 0 Å². The zero-order valence-electron chi connectivity index (χ0n) is 31.1. The third-order valence-corrected chi connectivity index (χ3v) is 11.3. The first-order valence-electron chi connectivity index (χ1n) is 19.4. The summed E-state index contributed by atoms with van der Waals surface area (Å²) >= 11 is 0. The van der Waals surface area contributed by atoms with Gasteiger partial charge in [-0.1, -0.05) is 146 Å². The first-order valence-corrected chi connectivity index (χ1v) is 19.4. The highest BCUT2D eigenvalue weighted by Crippen LogP contribution is 2.42. The van der Waals surface area contributed by atoms with E-state index in [1.807, 2.05) is 24.3 Å². The third-order valence-electron chi connectivity index (χ3n) is 11.3. The molecule has 0 saturated heterocycles. The molecule has 3 heterocycles. The molecule has 0 saturated carbocycles. The van der Waals surface area contributed by atoms with Crippen molar-refractivity contribution < 1.29 is 8.83 Å². The number of aromatic nitrogens is 3. The predicted molar refractivity (Wildman–Crippen MR) is 237 cm³/mol. The van der Waals surface area contributed by atoms with E-state index in [-0.39, 0.29) is 0 Å². The fraction of sp³-hybridized carbons (Fsp3) is 0. The number of furan rings is 2. The average Bonchev–Trinajstić information content (AvgIpc) is 3.86. The van der Waals surface area contributed by atoms with Crippen LogP contribution in [-0.4, -0.2) is 15.0 Å². The average molecular weight is 742 g/mol. The summed E-state index contributed by atoms with van der Waals surface area (Å²) in [5, 5.41) is 8.77. The first-order chi connectivity index (χ1) is 28.7. The Balaban J connectivity index is 1.02. The summed E-state index contributed by atoms with van der Waals surface area (Å²) in [4.78, 5) is 15.4. The Hall–Kier alpha value is -7.89. The maximum absolute atomic E-state index is 6.65. The fourth-order valence-corrected chi connectivity index (χ4v) is 8.46. The molecule has 0 atom stereocenters. The topological polar surface area (TPSA) is 65.0 Å². The van der Waals surface area contributed by atoms with Crippen LogP contribution < -0.4 is 0 Å². The second kappa shape index (κ2) is 12.8. The summed E-state index contributed by atoms with van der Waals surface area (Å²) in [6.45, 7) is 0. The van der Waals surface area contributed by atoms with Gasteiger partial charge in [0.1, 0.15) is 22.3 Å². The summed E-state index contributed by atoms with van der Waals surface area (Å²) in [6.07, 6.45) is 0. The standard InChI is InChI=1S/C53H31N3O2/c1-2-10-32(11-3-1)34-20-23-35(24-21-34)51-54-52(40-25-22-33-12-4-5-13-36(33)28-40)56-53(55-51)43-17-9-19-46-50(43)42-27-26-39(31-47(42)57-46)41-16-8-18-45-49(41)44-29-37-14-6-7-15-38(37)30-48(44)58-45/h1-31H. The number of benzene rings is 9. The van der Waals surface area contributed by atoms with Crippen LogP contribution in [0.2, 0.25) is 0 Å². The minimum Gasteiger partial charge on any atom is -0.456 e. The Morgan fingerprint density at radius 3 is 1.57 bits per heavy atom. The molecule has 5 nitrogen and oxygen atoms in total. The maximum Gasteiger partial charge on any atom is 0.164 e. The molecular formula is C53H31N3O2. The molecule has 9 aromatic carbocycles. The van der Waals surface area contributed by atoms with Gasteiger partial charge in [-0.05, 0) is 86.3 Å². The summed E-state index contributed by atoms with van der Waals surface area (Å²) in [6, 6.07) is 65.2. The molecule has 58 heavy (non-hydrogen) atoms. The van der Waals surface area contributed by atoms with Crippen LogP contribution in [0.1, 0.15) is 0 Å². The maximum atomic E-state index is 6.65. The molecule has 0 N–H and O–H groups in total. The van der Waals surface area contributed by atoms with Gasteiger partial charge < -0.3 is 8.83 Å².